The molecule has 76 heavy (non-hydrogen) atoms. The molecule has 12 aromatic rings. The topological polar surface area (TPSA) is 38.7 Å². The highest BCUT2D eigenvalue weighted by atomic mass is 15.0. The van der Waals surface area contributed by atoms with E-state index < -0.39 is 0 Å². The molecule has 3 nitrogen and oxygen atoms in total. The molecule has 11 aromatic carbocycles. The van der Waals surface area contributed by atoms with Crippen molar-refractivity contribution in [1.29, 1.82) is 0 Å². The van der Waals surface area contributed by atoms with Gasteiger partial charge in [-0.25, -0.2) is 15.0 Å². The standard InChI is InChI=1S/C73H51N3/c1-73(2)67-36-18-17-34-62(67)65-45-64-61-33-15-16-35-63(61)69(66(64)46-68(65)73)72-75-70(53-31-19-29-51(37-53)59-41-55(47-21-7-3-8-22-47)39-56(42-59)48-23-9-4-10-24-48)74-71(76-72)54-32-20-30-52(38-54)60-43-57(49-25-11-5-12-26-49)40-58(44-60)50-27-13-6-14-28-50/h3-46,69H,1-2H3. The molecule has 0 bridgehead atoms. The molecule has 0 spiro atoms. The van der Waals surface area contributed by atoms with E-state index in [4.69, 9.17) is 15.0 Å². The number of nitrogens with zero attached hydrogens (tertiary/aromatic N) is 3. The molecular formula is C73H51N3. The molecule has 0 N–H and O–H groups in total. The van der Waals surface area contributed by atoms with Crippen LogP contribution >= 0.6 is 0 Å². The van der Waals surface area contributed by atoms with E-state index in [0.717, 1.165) is 61.5 Å². The monoisotopic (exact) mass is 969 g/mol. The fourth-order valence-electron chi connectivity index (χ4n) is 11.9. The molecule has 1 aromatic heterocycles. The Morgan fingerprint density at radius 1 is 0.250 bits per heavy atom. The second-order valence-electron chi connectivity index (χ2n) is 20.7. The molecule has 0 radical (unpaired) electrons. The number of hydrogen-bond acceptors (Lipinski definition) is 3. The summed E-state index contributed by atoms with van der Waals surface area (Å²) in [5.41, 5.74) is 25.6. The molecule has 2 aliphatic carbocycles. The second kappa shape index (κ2) is 18.4. The Morgan fingerprint density at radius 3 is 1.09 bits per heavy atom. The van der Waals surface area contributed by atoms with Crippen molar-refractivity contribution >= 4 is 0 Å². The van der Waals surface area contributed by atoms with Crippen LogP contribution in [0.25, 0.3) is 112 Å². The average Bonchev–Trinajstić information content (AvgIpc) is 4.10. The first kappa shape index (κ1) is 45.1. The number of fused-ring (bicyclic) bond motifs is 6. The Kier molecular flexibility index (Phi) is 10.9. The summed E-state index contributed by atoms with van der Waals surface area (Å²) in [6.07, 6.45) is 0. The Bertz CT molecular complexity index is 3880. The molecule has 0 saturated carbocycles. The van der Waals surface area contributed by atoms with Crippen LogP contribution in [0.15, 0.2) is 267 Å². The summed E-state index contributed by atoms with van der Waals surface area (Å²) < 4.78 is 0. The van der Waals surface area contributed by atoms with Crippen LogP contribution in [-0.4, -0.2) is 15.0 Å². The smallest absolute Gasteiger partial charge is 0.163 e. The van der Waals surface area contributed by atoms with E-state index in [1.807, 2.05) is 0 Å². The first-order valence-corrected chi connectivity index (χ1v) is 26.3. The van der Waals surface area contributed by atoms with Crippen molar-refractivity contribution in [3.63, 3.8) is 0 Å². The quantitative estimate of drug-likeness (QED) is 0.145. The number of hydrogen-bond donors (Lipinski definition) is 0. The summed E-state index contributed by atoms with van der Waals surface area (Å²) in [4.78, 5) is 16.7. The maximum absolute atomic E-state index is 5.59. The SMILES string of the molecule is CC1(C)c2ccccc2-c2cc3c(cc21)C(c1nc(-c2cccc(-c4cc(-c5ccccc5)cc(-c5ccccc5)c4)c2)nc(-c2cccc(-c4cc(-c5ccccc5)cc(-c5ccccc5)c4)c2)n1)c1ccccc1-3. The van der Waals surface area contributed by atoms with Gasteiger partial charge < -0.3 is 0 Å². The molecule has 1 heterocycles. The molecule has 14 rings (SSSR count). The van der Waals surface area contributed by atoms with Crippen molar-refractivity contribution in [1.82, 2.24) is 15.0 Å². The molecular weight excluding hydrogens is 919 g/mol. The van der Waals surface area contributed by atoms with Crippen molar-refractivity contribution in [3.8, 4) is 112 Å². The first-order valence-electron chi connectivity index (χ1n) is 26.3. The van der Waals surface area contributed by atoms with Crippen LogP contribution < -0.4 is 0 Å². The molecule has 2 aliphatic rings. The fourth-order valence-corrected chi connectivity index (χ4v) is 11.9. The van der Waals surface area contributed by atoms with Gasteiger partial charge in [-0.3, -0.25) is 0 Å². The Hall–Kier alpha value is -9.57. The Morgan fingerprint density at radius 2 is 0.618 bits per heavy atom. The van der Waals surface area contributed by atoms with Gasteiger partial charge in [-0.1, -0.05) is 226 Å². The summed E-state index contributed by atoms with van der Waals surface area (Å²) in [6, 6.07) is 96.5. The predicted molar refractivity (Wildman–Crippen MR) is 314 cm³/mol. The normalized spacial score (nSPS) is 13.6. The van der Waals surface area contributed by atoms with Crippen molar-refractivity contribution in [2.24, 2.45) is 0 Å². The average molecular weight is 970 g/mol. The van der Waals surface area contributed by atoms with Gasteiger partial charge in [0, 0.05) is 16.5 Å². The Balaban J connectivity index is 0.954. The van der Waals surface area contributed by atoms with Gasteiger partial charge in [-0.2, -0.15) is 0 Å². The third-order valence-corrected chi connectivity index (χ3v) is 15.7. The van der Waals surface area contributed by atoms with E-state index in [-0.39, 0.29) is 11.3 Å². The van der Waals surface area contributed by atoms with E-state index in [2.05, 4.69) is 281 Å². The van der Waals surface area contributed by atoms with Crippen molar-refractivity contribution in [2.45, 2.75) is 25.2 Å². The van der Waals surface area contributed by atoms with Crippen LogP contribution in [-0.2, 0) is 5.41 Å². The lowest BCUT2D eigenvalue weighted by Crippen LogP contribution is -2.16. The minimum absolute atomic E-state index is 0.174. The largest absolute Gasteiger partial charge is 0.212 e. The lowest BCUT2D eigenvalue weighted by Gasteiger charge is -2.23. The molecule has 0 fully saturated rings. The zero-order valence-electron chi connectivity index (χ0n) is 42.3. The fraction of sp³-hybridized carbons (Fsp3) is 0.0548. The van der Waals surface area contributed by atoms with Gasteiger partial charge in [-0.05, 0) is 166 Å². The zero-order valence-corrected chi connectivity index (χ0v) is 42.3. The van der Waals surface area contributed by atoms with E-state index >= 15 is 0 Å². The molecule has 358 valence electrons. The van der Waals surface area contributed by atoms with Crippen LogP contribution in [0.5, 0.6) is 0 Å². The van der Waals surface area contributed by atoms with Crippen LogP contribution in [0, 0.1) is 0 Å². The van der Waals surface area contributed by atoms with E-state index in [0.29, 0.717) is 11.6 Å². The molecule has 3 heteroatoms. The number of benzene rings is 11. The maximum Gasteiger partial charge on any atom is 0.163 e. The van der Waals surface area contributed by atoms with Crippen LogP contribution in [0.4, 0.5) is 0 Å². The number of rotatable bonds is 9. The van der Waals surface area contributed by atoms with Gasteiger partial charge in [0.2, 0.25) is 0 Å². The molecule has 0 saturated heterocycles. The van der Waals surface area contributed by atoms with Crippen LogP contribution in [0.2, 0.25) is 0 Å². The van der Waals surface area contributed by atoms with Crippen molar-refractivity contribution in [2.75, 3.05) is 0 Å². The van der Waals surface area contributed by atoms with E-state index in [1.165, 1.54) is 66.8 Å². The highest BCUT2D eigenvalue weighted by molar-refractivity contribution is 5.91. The van der Waals surface area contributed by atoms with Gasteiger partial charge in [0.1, 0.15) is 5.82 Å². The first-order chi connectivity index (χ1) is 37.4. The predicted octanol–water partition coefficient (Wildman–Crippen LogP) is 18.7. The maximum atomic E-state index is 5.59. The molecule has 1 unspecified atom stereocenters. The van der Waals surface area contributed by atoms with Crippen molar-refractivity contribution < 1.29 is 0 Å². The summed E-state index contributed by atoms with van der Waals surface area (Å²) in [7, 11) is 0. The van der Waals surface area contributed by atoms with Gasteiger partial charge in [-0.15, -0.1) is 0 Å². The van der Waals surface area contributed by atoms with Crippen LogP contribution in [0.1, 0.15) is 47.8 Å². The van der Waals surface area contributed by atoms with Gasteiger partial charge >= 0.3 is 0 Å². The molecule has 1 atom stereocenters. The third-order valence-electron chi connectivity index (χ3n) is 15.7. The summed E-state index contributed by atoms with van der Waals surface area (Å²) in [5, 5.41) is 0. The minimum Gasteiger partial charge on any atom is -0.212 e. The second-order valence-corrected chi connectivity index (χ2v) is 20.7. The lowest BCUT2D eigenvalue weighted by molar-refractivity contribution is 0.659. The third kappa shape index (κ3) is 7.96. The highest BCUT2D eigenvalue weighted by Gasteiger charge is 2.40. The lowest BCUT2D eigenvalue weighted by atomic mass is 9.81. The molecule has 0 amide bonds. The summed E-state index contributed by atoms with van der Waals surface area (Å²) >= 11 is 0. The van der Waals surface area contributed by atoms with Gasteiger partial charge in [0.25, 0.3) is 0 Å². The highest BCUT2D eigenvalue weighted by Crippen LogP contribution is 2.55. The van der Waals surface area contributed by atoms with Crippen LogP contribution in [0.3, 0.4) is 0 Å². The number of aromatic nitrogens is 3. The Labute approximate surface area is 444 Å². The van der Waals surface area contributed by atoms with E-state index in [1.54, 1.807) is 0 Å². The van der Waals surface area contributed by atoms with Gasteiger partial charge in [0.05, 0.1) is 5.92 Å². The zero-order chi connectivity index (χ0) is 50.7. The summed E-state index contributed by atoms with van der Waals surface area (Å²) in [6.45, 7) is 4.72. The molecule has 0 aliphatic heterocycles. The minimum atomic E-state index is -0.227. The summed E-state index contributed by atoms with van der Waals surface area (Å²) in [5.74, 6) is 1.76. The van der Waals surface area contributed by atoms with Crippen molar-refractivity contribution in [3.05, 3.63) is 295 Å². The van der Waals surface area contributed by atoms with E-state index in [9.17, 15) is 0 Å². The van der Waals surface area contributed by atoms with Gasteiger partial charge in [0.15, 0.2) is 11.6 Å².